The average molecular weight is 974 g/mol. The lowest BCUT2D eigenvalue weighted by atomic mass is 9.96. The van der Waals surface area contributed by atoms with Crippen molar-refractivity contribution < 1.29 is 89.4 Å². The average Bonchev–Trinajstić information content (AvgIpc) is 3.33. The molecule has 3 fully saturated rings. The molecule has 3 heterocycles. The van der Waals surface area contributed by atoms with Crippen LogP contribution in [0.15, 0.2) is 60.8 Å². The Morgan fingerprint density at radius 2 is 1.01 bits per heavy atom. The van der Waals surface area contributed by atoms with E-state index in [-0.39, 0.29) is 18.9 Å². The molecule has 3 aliphatic heterocycles. The molecule has 19 nitrogen and oxygen atoms in total. The lowest BCUT2D eigenvalue weighted by Gasteiger charge is -2.48. The SMILES string of the molecule is CC/C=C\C/C=C\C/C=C\C/C=C\CCCCCCC(=O)NC(COC1OC(CO)C(OC2OC(CO)C(OC3OC(CO)C(O)C(O)C3O)C(O)C2O)C(O)C1O)C(O)/C=C/CCCCCC. The third kappa shape index (κ3) is 19.9. The van der Waals surface area contributed by atoms with E-state index >= 15 is 0 Å². The van der Waals surface area contributed by atoms with Crippen LogP contribution >= 0.6 is 0 Å². The normalized spacial score (nSPS) is 33.7. The van der Waals surface area contributed by atoms with E-state index in [2.05, 4.69) is 67.8 Å². The fourth-order valence-electron chi connectivity index (χ4n) is 7.94. The Bertz CT molecular complexity index is 1490. The largest absolute Gasteiger partial charge is 0.394 e. The minimum atomic E-state index is -1.98. The Morgan fingerprint density at radius 1 is 0.544 bits per heavy atom. The quantitative estimate of drug-likeness (QED) is 0.0330. The van der Waals surface area contributed by atoms with E-state index in [4.69, 9.17) is 28.4 Å². The van der Waals surface area contributed by atoms with Gasteiger partial charge in [0.25, 0.3) is 0 Å². The first-order valence-corrected chi connectivity index (χ1v) is 24.5. The third-order valence-electron chi connectivity index (χ3n) is 12.1. The second-order valence-corrected chi connectivity index (χ2v) is 17.5. The Hall–Kier alpha value is -2.51. The van der Waals surface area contributed by atoms with Gasteiger partial charge in [0.05, 0.1) is 38.6 Å². The minimum Gasteiger partial charge on any atom is -0.394 e. The molecule has 0 radical (unpaired) electrons. The maximum Gasteiger partial charge on any atom is 0.220 e. The first-order chi connectivity index (χ1) is 32.8. The van der Waals surface area contributed by atoms with E-state index < -0.39 is 124 Å². The lowest BCUT2D eigenvalue weighted by Crippen LogP contribution is -2.66. The number of aliphatic hydroxyl groups is 11. The molecule has 19 heteroatoms. The molecule has 3 rings (SSSR count). The van der Waals surface area contributed by atoms with Crippen LogP contribution in [-0.2, 0) is 33.2 Å². The molecule has 0 aromatic rings. The van der Waals surface area contributed by atoms with Gasteiger partial charge in [0.1, 0.15) is 73.2 Å². The molecule has 17 unspecified atom stereocenters. The zero-order chi connectivity index (χ0) is 49.8. The van der Waals surface area contributed by atoms with E-state index in [1.54, 1.807) is 6.08 Å². The monoisotopic (exact) mass is 974 g/mol. The van der Waals surface area contributed by atoms with Gasteiger partial charge in [-0.3, -0.25) is 4.79 Å². The molecule has 3 saturated heterocycles. The molecular weight excluding hydrogens is 891 g/mol. The molecule has 0 bridgehead atoms. The molecule has 1 amide bonds. The van der Waals surface area contributed by atoms with Crippen molar-refractivity contribution in [2.75, 3.05) is 26.4 Å². The van der Waals surface area contributed by atoms with Crippen LogP contribution in [0.2, 0.25) is 0 Å². The topological polar surface area (TPSA) is 307 Å². The third-order valence-corrected chi connectivity index (χ3v) is 12.1. The van der Waals surface area contributed by atoms with Crippen LogP contribution in [0.5, 0.6) is 0 Å². The standard InChI is InChI=1S/C49H83NO18/c1-3-5-7-9-11-12-13-14-15-16-17-18-19-20-21-23-25-27-37(55)50-32(33(54)26-24-22-10-8-6-4-2)31-63-47-43(61)40(58)45(35(29-52)65-47)68-49-44(62)41(59)46(36(30-53)66-49)67-48-42(60)39(57)38(56)34(28-51)64-48/h5,7,11-12,14-15,17-18,24,26,32-36,38-49,51-54,56-62H,3-4,6,8-10,13,16,19-23,25,27-31H2,1-2H3,(H,50,55)/b7-5-,12-11-,15-14-,18-17-,26-24+. The molecule has 17 atom stereocenters. The number of ether oxygens (including phenoxy) is 6. The Labute approximate surface area is 401 Å². The van der Waals surface area contributed by atoms with Crippen molar-refractivity contribution in [3.63, 3.8) is 0 Å². The summed E-state index contributed by atoms with van der Waals surface area (Å²) < 4.78 is 33.9. The van der Waals surface area contributed by atoms with Crippen molar-refractivity contribution in [3.8, 4) is 0 Å². The molecule has 0 aromatic heterocycles. The number of carbonyl (C=O) groups is 1. The summed E-state index contributed by atoms with van der Waals surface area (Å²) in [7, 11) is 0. The maximum absolute atomic E-state index is 13.1. The Morgan fingerprint density at radius 3 is 1.57 bits per heavy atom. The van der Waals surface area contributed by atoms with E-state index in [1.165, 1.54) is 0 Å². The van der Waals surface area contributed by atoms with Crippen molar-refractivity contribution in [3.05, 3.63) is 60.8 Å². The van der Waals surface area contributed by atoms with E-state index in [9.17, 15) is 61.0 Å². The number of hydrogen-bond donors (Lipinski definition) is 12. The van der Waals surface area contributed by atoms with Gasteiger partial charge >= 0.3 is 0 Å². The van der Waals surface area contributed by atoms with Crippen LogP contribution in [-0.4, -0.2) is 193 Å². The molecule has 0 aliphatic carbocycles. The fourth-order valence-corrected chi connectivity index (χ4v) is 7.94. The van der Waals surface area contributed by atoms with Gasteiger partial charge in [0, 0.05) is 6.42 Å². The van der Waals surface area contributed by atoms with Gasteiger partial charge in [0.15, 0.2) is 18.9 Å². The highest BCUT2D eigenvalue weighted by Gasteiger charge is 2.53. The van der Waals surface area contributed by atoms with Crippen LogP contribution in [0.4, 0.5) is 0 Å². The number of hydrogen-bond acceptors (Lipinski definition) is 18. The van der Waals surface area contributed by atoms with Crippen molar-refractivity contribution in [1.82, 2.24) is 5.32 Å². The highest BCUT2D eigenvalue weighted by atomic mass is 16.8. The number of aliphatic hydroxyl groups excluding tert-OH is 11. The molecular formula is C49H83NO18. The van der Waals surface area contributed by atoms with Gasteiger partial charge in [-0.1, -0.05) is 107 Å². The second kappa shape index (κ2) is 34.0. The van der Waals surface area contributed by atoms with Crippen molar-refractivity contribution in [2.24, 2.45) is 0 Å². The summed E-state index contributed by atoms with van der Waals surface area (Å²) in [4.78, 5) is 13.1. The molecule has 0 saturated carbocycles. The maximum atomic E-state index is 13.1. The molecule has 68 heavy (non-hydrogen) atoms. The van der Waals surface area contributed by atoms with Crippen molar-refractivity contribution >= 4 is 5.91 Å². The highest BCUT2D eigenvalue weighted by Crippen LogP contribution is 2.33. The predicted molar refractivity (Wildman–Crippen MR) is 249 cm³/mol. The van der Waals surface area contributed by atoms with Crippen LogP contribution in [0.25, 0.3) is 0 Å². The summed E-state index contributed by atoms with van der Waals surface area (Å²) in [6.45, 7) is 1.43. The summed E-state index contributed by atoms with van der Waals surface area (Å²) in [5.74, 6) is -0.310. The number of amides is 1. The summed E-state index contributed by atoms with van der Waals surface area (Å²) in [6, 6.07) is -0.983. The van der Waals surface area contributed by atoms with Crippen LogP contribution < -0.4 is 5.32 Å². The van der Waals surface area contributed by atoms with Gasteiger partial charge in [0.2, 0.25) is 5.91 Å². The summed E-state index contributed by atoms with van der Waals surface area (Å²) in [5, 5.41) is 119. The summed E-state index contributed by atoms with van der Waals surface area (Å²) >= 11 is 0. The second-order valence-electron chi connectivity index (χ2n) is 17.5. The smallest absolute Gasteiger partial charge is 0.220 e. The van der Waals surface area contributed by atoms with Gasteiger partial charge in [-0.2, -0.15) is 0 Å². The van der Waals surface area contributed by atoms with Crippen LogP contribution in [0.3, 0.4) is 0 Å². The molecule has 392 valence electrons. The van der Waals surface area contributed by atoms with Gasteiger partial charge in [-0.15, -0.1) is 0 Å². The van der Waals surface area contributed by atoms with Crippen LogP contribution in [0, 0.1) is 0 Å². The number of rotatable bonds is 32. The summed E-state index contributed by atoms with van der Waals surface area (Å²) in [5.41, 5.74) is 0. The number of unbranched alkanes of at least 4 members (excludes halogenated alkanes) is 8. The van der Waals surface area contributed by atoms with Crippen LogP contribution in [0.1, 0.15) is 110 Å². The zero-order valence-electron chi connectivity index (χ0n) is 39.8. The van der Waals surface area contributed by atoms with Gasteiger partial charge in [-0.25, -0.2) is 0 Å². The van der Waals surface area contributed by atoms with Crippen molar-refractivity contribution in [2.45, 2.75) is 214 Å². The van der Waals surface area contributed by atoms with E-state index in [0.717, 1.165) is 83.5 Å². The Balaban J connectivity index is 1.53. The number of allylic oxidation sites excluding steroid dienone is 9. The zero-order valence-corrected chi connectivity index (χ0v) is 39.8. The van der Waals surface area contributed by atoms with E-state index in [0.29, 0.717) is 6.42 Å². The molecule has 3 aliphatic rings. The molecule has 0 spiro atoms. The highest BCUT2D eigenvalue weighted by molar-refractivity contribution is 5.76. The fraction of sp³-hybridized carbons (Fsp3) is 0.776. The van der Waals surface area contributed by atoms with Crippen molar-refractivity contribution in [1.29, 1.82) is 0 Å². The molecule has 0 aromatic carbocycles. The Kier molecular flexibility index (Phi) is 29.9. The lowest BCUT2D eigenvalue weighted by molar-refractivity contribution is -0.379. The van der Waals surface area contributed by atoms with E-state index in [1.807, 2.05) is 6.08 Å². The summed E-state index contributed by atoms with van der Waals surface area (Å²) in [6.07, 6.45) is 7.07. The number of nitrogens with one attached hydrogen (secondary N) is 1. The number of carbonyl (C=O) groups excluding carboxylic acids is 1. The molecule has 12 N–H and O–H groups in total. The first-order valence-electron chi connectivity index (χ1n) is 24.5. The van der Waals surface area contributed by atoms with Gasteiger partial charge in [-0.05, 0) is 57.8 Å². The first kappa shape index (κ1) is 59.8. The predicted octanol–water partition coefficient (Wildman–Crippen LogP) is 0.969. The van der Waals surface area contributed by atoms with Gasteiger partial charge < -0.3 is 89.9 Å². The minimum absolute atomic E-state index is 0.211.